The van der Waals surface area contributed by atoms with Crippen LogP contribution in [0.5, 0.6) is 0 Å². The third-order valence-electron chi connectivity index (χ3n) is 3.27. The molecule has 1 aromatic rings. The van der Waals surface area contributed by atoms with Crippen LogP contribution in [-0.2, 0) is 17.8 Å². The lowest BCUT2D eigenvalue weighted by molar-refractivity contribution is -0.121. The van der Waals surface area contributed by atoms with Gasteiger partial charge in [0.2, 0.25) is 0 Å². The van der Waals surface area contributed by atoms with Crippen LogP contribution in [0.3, 0.4) is 0 Å². The van der Waals surface area contributed by atoms with Crippen molar-refractivity contribution in [2.75, 3.05) is 0 Å². The smallest absolute Gasteiger partial charge is 0.138 e. The number of aryl methyl sites for hydroxylation is 1. The molecular formula is C12H19N3O. The predicted octanol–water partition coefficient (Wildman–Crippen LogP) is 1.99. The lowest BCUT2D eigenvalue weighted by Gasteiger charge is -2.20. The number of nitrogens with zero attached hydrogens (tertiary/aromatic N) is 3. The molecule has 0 aromatic carbocycles. The highest BCUT2D eigenvalue weighted by Crippen LogP contribution is 2.24. The maximum absolute atomic E-state index is 11.1. The molecular weight excluding hydrogens is 202 g/mol. The van der Waals surface area contributed by atoms with E-state index >= 15 is 0 Å². The highest BCUT2D eigenvalue weighted by Gasteiger charge is 2.20. The van der Waals surface area contributed by atoms with Crippen molar-refractivity contribution >= 4 is 5.78 Å². The summed E-state index contributed by atoms with van der Waals surface area (Å²) in [4.78, 5) is 15.5. The largest absolute Gasteiger partial charge is 0.300 e. The fourth-order valence-corrected chi connectivity index (χ4v) is 2.31. The first-order chi connectivity index (χ1) is 7.79. The first-order valence-electron chi connectivity index (χ1n) is 6.18. The lowest BCUT2D eigenvalue weighted by Crippen LogP contribution is -2.18. The monoisotopic (exact) mass is 221 g/mol. The standard InChI is InChI=1S/C12H19N3O/c1-2-7-15-12(13-9-14-15)8-10-3-5-11(16)6-4-10/h9-10H,2-8H2,1H3. The fourth-order valence-electron chi connectivity index (χ4n) is 2.31. The second kappa shape index (κ2) is 5.23. The van der Waals surface area contributed by atoms with Crippen molar-refractivity contribution in [1.82, 2.24) is 14.8 Å². The van der Waals surface area contributed by atoms with Gasteiger partial charge >= 0.3 is 0 Å². The molecule has 0 N–H and O–H groups in total. The Balaban J connectivity index is 1.93. The summed E-state index contributed by atoms with van der Waals surface area (Å²) in [5.41, 5.74) is 0. The third kappa shape index (κ3) is 2.68. The molecule has 1 saturated carbocycles. The Labute approximate surface area is 96.1 Å². The molecule has 4 nitrogen and oxygen atoms in total. The zero-order valence-electron chi connectivity index (χ0n) is 9.85. The molecule has 1 heterocycles. The molecule has 1 aliphatic carbocycles. The Kier molecular flexibility index (Phi) is 3.70. The Morgan fingerprint density at radius 1 is 1.44 bits per heavy atom. The van der Waals surface area contributed by atoms with Crippen LogP contribution in [0.15, 0.2) is 6.33 Å². The van der Waals surface area contributed by atoms with E-state index in [0.717, 1.165) is 50.9 Å². The van der Waals surface area contributed by atoms with Gasteiger partial charge < -0.3 is 0 Å². The van der Waals surface area contributed by atoms with E-state index < -0.39 is 0 Å². The summed E-state index contributed by atoms with van der Waals surface area (Å²) in [5.74, 6) is 2.13. The first-order valence-corrected chi connectivity index (χ1v) is 6.18. The topological polar surface area (TPSA) is 47.8 Å². The number of aromatic nitrogens is 3. The minimum absolute atomic E-state index is 0.422. The van der Waals surface area contributed by atoms with Crippen LogP contribution in [0.1, 0.15) is 44.9 Å². The van der Waals surface area contributed by atoms with Crippen molar-refractivity contribution in [2.45, 2.75) is 52.0 Å². The van der Waals surface area contributed by atoms with Gasteiger partial charge in [-0.05, 0) is 25.2 Å². The fraction of sp³-hybridized carbons (Fsp3) is 0.750. The summed E-state index contributed by atoms with van der Waals surface area (Å²) in [6, 6.07) is 0. The summed E-state index contributed by atoms with van der Waals surface area (Å²) in [5, 5.41) is 4.22. The third-order valence-corrected chi connectivity index (χ3v) is 3.27. The molecule has 1 fully saturated rings. The summed E-state index contributed by atoms with van der Waals surface area (Å²) in [7, 11) is 0. The van der Waals surface area contributed by atoms with Crippen molar-refractivity contribution in [2.24, 2.45) is 5.92 Å². The minimum atomic E-state index is 0.422. The molecule has 0 bridgehead atoms. The average molecular weight is 221 g/mol. The molecule has 0 amide bonds. The van der Waals surface area contributed by atoms with E-state index in [1.54, 1.807) is 6.33 Å². The quantitative estimate of drug-likeness (QED) is 0.781. The van der Waals surface area contributed by atoms with Crippen molar-refractivity contribution in [1.29, 1.82) is 0 Å². The van der Waals surface area contributed by atoms with Gasteiger partial charge in [-0.25, -0.2) is 4.98 Å². The lowest BCUT2D eigenvalue weighted by atomic mass is 9.86. The van der Waals surface area contributed by atoms with Gasteiger partial charge in [0, 0.05) is 25.8 Å². The van der Waals surface area contributed by atoms with Crippen LogP contribution < -0.4 is 0 Å². The number of Topliss-reactive ketones (excluding diaryl/α,β-unsaturated/α-hetero) is 1. The maximum Gasteiger partial charge on any atom is 0.138 e. The Morgan fingerprint density at radius 2 is 2.19 bits per heavy atom. The average Bonchev–Trinajstić information content (AvgIpc) is 2.70. The van der Waals surface area contributed by atoms with Gasteiger partial charge in [-0.1, -0.05) is 6.92 Å². The van der Waals surface area contributed by atoms with Crippen LogP contribution in [0.25, 0.3) is 0 Å². The molecule has 4 heteroatoms. The number of carbonyl (C=O) groups is 1. The van der Waals surface area contributed by atoms with E-state index in [9.17, 15) is 4.79 Å². The Bertz CT molecular complexity index is 349. The molecule has 0 unspecified atom stereocenters. The summed E-state index contributed by atoms with van der Waals surface area (Å²) in [6.07, 6.45) is 7.26. The number of hydrogen-bond donors (Lipinski definition) is 0. The van der Waals surface area contributed by atoms with E-state index in [1.165, 1.54) is 0 Å². The van der Waals surface area contributed by atoms with Gasteiger partial charge in [-0.3, -0.25) is 9.48 Å². The van der Waals surface area contributed by atoms with E-state index in [4.69, 9.17) is 0 Å². The van der Waals surface area contributed by atoms with Gasteiger partial charge in [-0.2, -0.15) is 5.10 Å². The summed E-state index contributed by atoms with van der Waals surface area (Å²) in [6.45, 7) is 3.09. The Morgan fingerprint density at radius 3 is 2.88 bits per heavy atom. The molecule has 0 spiro atoms. The number of carbonyl (C=O) groups excluding carboxylic acids is 1. The van der Waals surface area contributed by atoms with Crippen LogP contribution in [0, 0.1) is 5.92 Å². The molecule has 1 aliphatic rings. The highest BCUT2D eigenvalue weighted by molar-refractivity contribution is 5.79. The number of rotatable bonds is 4. The zero-order valence-corrected chi connectivity index (χ0v) is 9.85. The molecule has 0 aliphatic heterocycles. The Hall–Kier alpha value is -1.19. The van der Waals surface area contributed by atoms with E-state index in [0.29, 0.717) is 11.7 Å². The minimum Gasteiger partial charge on any atom is -0.300 e. The van der Waals surface area contributed by atoms with E-state index in [1.807, 2.05) is 4.68 Å². The second-order valence-corrected chi connectivity index (χ2v) is 4.59. The van der Waals surface area contributed by atoms with Gasteiger partial charge in [0.25, 0.3) is 0 Å². The molecule has 16 heavy (non-hydrogen) atoms. The van der Waals surface area contributed by atoms with Crippen LogP contribution in [0.4, 0.5) is 0 Å². The van der Waals surface area contributed by atoms with Gasteiger partial charge in [0.15, 0.2) is 0 Å². The van der Waals surface area contributed by atoms with Crippen LogP contribution in [-0.4, -0.2) is 20.5 Å². The van der Waals surface area contributed by atoms with Crippen molar-refractivity contribution in [3.63, 3.8) is 0 Å². The van der Waals surface area contributed by atoms with Gasteiger partial charge in [0.1, 0.15) is 17.9 Å². The van der Waals surface area contributed by atoms with Crippen molar-refractivity contribution in [3.05, 3.63) is 12.2 Å². The molecule has 0 atom stereocenters. The van der Waals surface area contributed by atoms with E-state index in [2.05, 4.69) is 17.0 Å². The molecule has 2 rings (SSSR count). The molecule has 1 aromatic heterocycles. The van der Waals surface area contributed by atoms with Gasteiger partial charge in [-0.15, -0.1) is 0 Å². The molecule has 0 radical (unpaired) electrons. The van der Waals surface area contributed by atoms with Crippen molar-refractivity contribution in [3.8, 4) is 0 Å². The van der Waals surface area contributed by atoms with Crippen molar-refractivity contribution < 1.29 is 4.79 Å². The predicted molar refractivity (Wildman–Crippen MR) is 61.0 cm³/mol. The molecule has 0 saturated heterocycles. The number of hydrogen-bond acceptors (Lipinski definition) is 3. The normalized spacial score (nSPS) is 17.9. The second-order valence-electron chi connectivity index (χ2n) is 4.59. The summed E-state index contributed by atoms with van der Waals surface area (Å²) >= 11 is 0. The number of ketones is 1. The SMILES string of the molecule is CCCn1ncnc1CC1CCC(=O)CC1. The first kappa shape index (κ1) is 11.3. The van der Waals surface area contributed by atoms with E-state index in [-0.39, 0.29) is 0 Å². The molecule has 88 valence electrons. The maximum atomic E-state index is 11.1. The van der Waals surface area contributed by atoms with Crippen LogP contribution in [0.2, 0.25) is 0 Å². The van der Waals surface area contributed by atoms with Gasteiger partial charge in [0.05, 0.1) is 0 Å². The highest BCUT2D eigenvalue weighted by atomic mass is 16.1. The zero-order chi connectivity index (χ0) is 11.4. The summed E-state index contributed by atoms with van der Waals surface area (Å²) < 4.78 is 2.00. The van der Waals surface area contributed by atoms with Crippen LogP contribution >= 0.6 is 0 Å².